The maximum atomic E-state index is 14.7. The summed E-state index contributed by atoms with van der Waals surface area (Å²) >= 11 is 0. The molecule has 3 aliphatic heterocycles. The number of anilines is 2. The number of fused-ring (bicyclic) bond motifs is 2. The highest BCUT2D eigenvalue weighted by atomic mass is 32.2. The van der Waals surface area contributed by atoms with Gasteiger partial charge in [-0.2, -0.15) is 0 Å². The van der Waals surface area contributed by atoms with Crippen molar-refractivity contribution in [3.05, 3.63) is 34.9 Å². The summed E-state index contributed by atoms with van der Waals surface area (Å²) in [4.78, 5) is 26.3. The monoisotopic (exact) mass is 397 g/mol. The maximum Gasteiger partial charge on any atom is 0.414 e. The Balaban J connectivity index is 1.56. The molecule has 3 heterocycles. The van der Waals surface area contributed by atoms with Gasteiger partial charge < -0.3 is 15.0 Å². The molecule has 3 atom stereocenters. The Hall–Kier alpha value is -2.49. The number of carbonyl (C=O) groups excluding carboxylic acids is 2. The molecule has 2 amide bonds. The number of rotatable bonds is 4. The standard InChI is InChI=1S/C17H17F2N3O4S/c1-9(23)20-5-12-6-22(17(24)26-12)10-3-14(18)16(15(19)4-10)21-7-13-2-11(21)8-27(13)25/h3-4,7,11-12H,2,5-6,8H2,1H3,(H,20,23)/t11?,12-,27?/m0/s1. The van der Waals surface area contributed by atoms with Crippen molar-refractivity contribution in [3.8, 4) is 0 Å². The largest absolute Gasteiger partial charge is 0.442 e. The maximum absolute atomic E-state index is 14.7. The van der Waals surface area contributed by atoms with Gasteiger partial charge in [-0.05, 0) is 0 Å². The summed E-state index contributed by atoms with van der Waals surface area (Å²) in [6.45, 7) is 1.54. The molecule has 1 aromatic carbocycles. The summed E-state index contributed by atoms with van der Waals surface area (Å²) in [5, 5.41) is 2.54. The molecule has 0 aromatic heterocycles. The first-order valence-corrected chi connectivity index (χ1v) is 9.74. The third-order valence-corrected chi connectivity index (χ3v) is 6.32. The van der Waals surface area contributed by atoms with Crippen LogP contribution in [0.4, 0.5) is 25.0 Å². The van der Waals surface area contributed by atoms with E-state index < -0.39 is 34.6 Å². The highest BCUT2D eigenvalue weighted by Crippen LogP contribution is 2.40. The zero-order valence-electron chi connectivity index (χ0n) is 14.4. The van der Waals surface area contributed by atoms with Crippen molar-refractivity contribution in [1.82, 2.24) is 5.32 Å². The number of ether oxygens (including phenoxy) is 1. The van der Waals surface area contributed by atoms with Gasteiger partial charge in [0.05, 0.1) is 35.6 Å². The van der Waals surface area contributed by atoms with E-state index in [-0.39, 0.29) is 36.4 Å². The Bertz CT molecular complexity index is 866. The third-order valence-electron chi connectivity index (χ3n) is 4.77. The van der Waals surface area contributed by atoms with E-state index in [1.54, 1.807) is 6.20 Å². The number of benzene rings is 1. The molecule has 2 bridgehead atoms. The highest BCUT2D eigenvalue weighted by Gasteiger charge is 2.39. The summed E-state index contributed by atoms with van der Waals surface area (Å²) in [5.41, 5.74) is -0.164. The van der Waals surface area contributed by atoms with Gasteiger partial charge in [-0.15, -0.1) is 0 Å². The number of amides is 2. The zero-order chi connectivity index (χ0) is 19.3. The molecule has 1 aromatic rings. The van der Waals surface area contributed by atoms with Gasteiger partial charge in [0.25, 0.3) is 0 Å². The number of carbonyl (C=O) groups is 2. The van der Waals surface area contributed by atoms with E-state index in [2.05, 4.69) is 5.32 Å². The van der Waals surface area contributed by atoms with Crippen LogP contribution in [0.3, 0.4) is 0 Å². The zero-order valence-corrected chi connectivity index (χ0v) is 15.2. The fourth-order valence-electron chi connectivity index (χ4n) is 3.51. The molecule has 0 radical (unpaired) electrons. The highest BCUT2D eigenvalue weighted by molar-refractivity contribution is 7.89. The summed E-state index contributed by atoms with van der Waals surface area (Å²) in [6.07, 6.45) is 0.756. The van der Waals surface area contributed by atoms with Crippen molar-refractivity contribution in [2.24, 2.45) is 0 Å². The lowest BCUT2D eigenvalue weighted by molar-refractivity contribution is -0.119. The SMILES string of the molecule is CC(=O)NC[C@H]1CN(c2cc(F)c(N3C=C4CC3CS4=O)c(F)c2)C(=O)O1. The molecular weight excluding hydrogens is 380 g/mol. The Morgan fingerprint density at radius 3 is 2.63 bits per heavy atom. The molecule has 1 N–H and O–H groups in total. The second kappa shape index (κ2) is 6.59. The molecule has 2 fully saturated rings. The quantitative estimate of drug-likeness (QED) is 0.835. The second-order valence-electron chi connectivity index (χ2n) is 6.68. The molecule has 3 aliphatic rings. The van der Waals surface area contributed by atoms with Crippen LogP contribution in [0.2, 0.25) is 0 Å². The number of halogens is 2. The predicted octanol–water partition coefficient (Wildman–Crippen LogP) is 1.61. The van der Waals surface area contributed by atoms with Crippen molar-refractivity contribution in [3.63, 3.8) is 0 Å². The van der Waals surface area contributed by atoms with Gasteiger partial charge >= 0.3 is 6.09 Å². The average Bonchev–Trinajstić information content (AvgIpc) is 3.26. The van der Waals surface area contributed by atoms with Crippen molar-refractivity contribution in [1.29, 1.82) is 0 Å². The number of nitrogens with one attached hydrogen (secondary N) is 1. The van der Waals surface area contributed by atoms with Crippen LogP contribution in [-0.4, -0.2) is 47.2 Å². The van der Waals surface area contributed by atoms with Crippen LogP contribution in [-0.2, 0) is 20.3 Å². The summed E-state index contributed by atoms with van der Waals surface area (Å²) < 4.78 is 46.2. The van der Waals surface area contributed by atoms with E-state index in [1.165, 1.54) is 11.8 Å². The Morgan fingerprint density at radius 2 is 2.07 bits per heavy atom. The smallest absolute Gasteiger partial charge is 0.414 e. The third kappa shape index (κ3) is 3.18. The Kier molecular flexibility index (Phi) is 4.37. The molecule has 7 nitrogen and oxygen atoms in total. The molecule has 10 heteroatoms. The molecule has 0 aliphatic carbocycles. The fourth-order valence-corrected chi connectivity index (χ4v) is 4.97. The van der Waals surface area contributed by atoms with Gasteiger partial charge in [0, 0.05) is 42.3 Å². The molecule has 4 rings (SSSR count). The lowest BCUT2D eigenvalue weighted by Gasteiger charge is -2.26. The molecule has 144 valence electrons. The molecule has 27 heavy (non-hydrogen) atoms. The number of cyclic esters (lactones) is 1. The minimum Gasteiger partial charge on any atom is -0.442 e. The average molecular weight is 397 g/mol. The molecule has 0 saturated carbocycles. The van der Waals surface area contributed by atoms with Gasteiger partial charge in [0.1, 0.15) is 11.8 Å². The van der Waals surface area contributed by atoms with E-state index in [0.29, 0.717) is 17.1 Å². The lowest BCUT2D eigenvalue weighted by atomic mass is 10.2. The van der Waals surface area contributed by atoms with E-state index >= 15 is 0 Å². The van der Waals surface area contributed by atoms with Crippen LogP contribution in [0.15, 0.2) is 23.2 Å². The Labute approximate surface area is 156 Å². The molecular formula is C17H17F2N3O4S. The van der Waals surface area contributed by atoms with E-state index in [1.807, 2.05) is 0 Å². The molecule has 0 spiro atoms. The first-order valence-electron chi connectivity index (χ1n) is 8.42. The Morgan fingerprint density at radius 1 is 1.37 bits per heavy atom. The van der Waals surface area contributed by atoms with Crippen LogP contribution < -0.4 is 15.1 Å². The molecule has 2 saturated heterocycles. The van der Waals surface area contributed by atoms with Gasteiger partial charge in [0.2, 0.25) is 5.91 Å². The van der Waals surface area contributed by atoms with Crippen LogP contribution in [0, 0.1) is 11.6 Å². The number of hydrogen-bond donors (Lipinski definition) is 1. The van der Waals surface area contributed by atoms with Gasteiger partial charge in [-0.1, -0.05) is 0 Å². The van der Waals surface area contributed by atoms with Crippen LogP contribution in [0.1, 0.15) is 13.3 Å². The minimum absolute atomic E-state index is 0.0460. The van der Waals surface area contributed by atoms with Crippen LogP contribution in [0.5, 0.6) is 0 Å². The van der Waals surface area contributed by atoms with E-state index in [0.717, 1.165) is 17.0 Å². The van der Waals surface area contributed by atoms with Crippen molar-refractivity contribution >= 4 is 34.2 Å². The first kappa shape index (κ1) is 17.9. The summed E-state index contributed by atoms with van der Waals surface area (Å²) in [6, 6.07) is 1.96. The van der Waals surface area contributed by atoms with Crippen molar-refractivity contribution in [2.75, 3.05) is 28.6 Å². The van der Waals surface area contributed by atoms with E-state index in [4.69, 9.17) is 4.74 Å². The normalized spacial score (nSPS) is 26.4. The topological polar surface area (TPSA) is 79.0 Å². The van der Waals surface area contributed by atoms with Crippen LogP contribution >= 0.6 is 0 Å². The van der Waals surface area contributed by atoms with E-state index in [9.17, 15) is 22.6 Å². The van der Waals surface area contributed by atoms with Crippen LogP contribution in [0.25, 0.3) is 0 Å². The number of hydrogen-bond acceptors (Lipinski definition) is 5. The van der Waals surface area contributed by atoms with Crippen molar-refractivity contribution in [2.45, 2.75) is 25.5 Å². The second-order valence-corrected chi connectivity index (χ2v) is 8.23. The van der Waals surface area contributed by atoms with Crippen molar-refractivity contribution < 1.29 is 27.3 Å². The van der Waals surface area contributed by atoms with Gasteiger partial charge in [-0.3, -0.25) is 13.9 Å². The van der Waals surface area contributed by atoms with Gasteiger partial charge in [-0.25, -0.2) is 13.6 Å². The minimum atomic E-state index is -1.06. The number of nitrogens with zero attached hydrogens (tertiary/aromatic N) is 2. The summed E-state index contributed by atoms with van der Waals surface area (Å²) in [7, 11) is -1.06. The summed E-state index contributed by atoms with van der Waals surface area (Å²) in [5.74, 6) is -1.52. The lowest BCUT2D eigenvalue weighted by Crippen LogP contribution is -2.33. The first-order chi connectivity index (χ1) is 12.8. The predicted molar refractivity (Wildman–Crippen MR) is 94.6 cm³/mol. The fraction of sp³-hybridized carbons (Fsp3) is 0.412. The van der Waals surface area contributed by atoms with Gasteiger partial charge in [0.15, 0.2) is 11.6 Å². The molecule has 2 unspecified atom stereocenters.